The van der Waals surface area contributed by atoms with E-state index in [1.165, 1.54) is 17.7 Å². The average Bonchev–Trinajstić information content (AvgIpc) is 2.77. The van der Waals surface area contributed by atoms with Gasteiger partial charge in [0.25, 0.3) is 6.17 Å². The quantitative estimate of drug-likeness (QED) is 0.316. The molecule has 1 atom stereocenters. The highest BCUT2D eigenvalue weighted by molar-refractivity contribution is 5.64. The van der Waals surface area contributed by atoms with Crippen LogP contribution in [-0.4, -0.2) is 38.5 Å². The molecule has 176 valence electrons. The Morgan fingerprint density at radius 3 is 1.88 bits per heavy atom. The highest BCUT2D eigenvalue weighted by Crippen LogP contribution is 2.38. The lowest BCUT2D eigenvalue weighted by Gasteiger charge is -2.28. The van der Waals surface area contributed by atoms with Crippen LogP contribution in [-0.2, 0) is 9.47 Å². The van der Waals surface area contributed by atoms with Gasteiger partial charge in [-0.25, -0.2) is 4.39 Å². The third kappa shape index (κ3) is 6.16. The summed E-state index contributed by atoms with van der Waals surface area (Å²) in [5.41, 5.74) is 2.67. The molecule has 0 aliphatic heterocycles. The number of halogens is 6. The minimum Gasteiger partial charge on any atom is -0.430 e. The van der Waals surface area contributed by atoms with Gasteiger partial charge in [-0.05, 0) is 60.4 Å². The Balaban J connectivity index is 1.60. The van der Waals surface area contributed by atoms with Crippen molar-refractivity contribution in [1.29, 1.82) is 0 Å². The van der Waals surface area contributed by atoms with E-state index in [2.05, 4.69) is 4.74 Å². The number of hydrogen-bond donors (Lipinski definition) is 0. The molecule has 9 heteroatoms. The van der Waals surface area contributed by atoms with E-state index in [9.17, 15) is 26.3 Å². The van der Waals surface area contributed by atoms with Gasteiger partial charge in [0.05, 0.1) is 6.10 Å². The molecule has 1 saturated carbocycles. The summed E-state index contributed by atoms with van der Waals surface area (Å²) in [4.78, 5) is 0. The highest BCUT2D eigenvalue weighted by Gasteiger charge is 2.59. The summed E-state index contributed by atoms with van der Waals surface area (Å²) in [6.07, 6.45) is -11.0. The molecule has 32 heavy (non-hydrogen) atoms. The lowest BCUT2D eigenvalue weighted by Crippen LogP contribution is -2.45. The molecule has 1 aliphatic rings. The topological polar surface area (TPSA) is 27.7 Å². The standard InChI is InChI=1S/C23H24F6O3/c1-30-14-31-19-10-6-17(7-11-19)15-2-4-16(5-3-15)18-8-12-20(13-9-18)32-23(28,29)21(24)22(25,26)27/h2-5,8-9,12-13,17,19,21H,6-7,10-11,14H2,1H3. The molecule has 1 aliphatic carbocycles. The zero-order chi connectivity index (χ0) is 23.4. The minimum atomic E-state index is -5.72. The molecule has 0 saturated heterocycles. The number of methoxy groups -OCH3 is 1. The molecular formula is C23H24F6O3. The molecule has 0 radical (unpaired) electrons. The predicted molar refractivity (Wildman–Crippen MR) is 106 cm³/mol. The summed E-state index contributed by atoms with van der Waals surface area (Å²) in [6.45, 7) is 0.294. The first-order valence-corrected chi connectivity index (χ1v) is 10.2. The zero-order valence-electron chi connectivity index (χ0n) is 17.4. The summed E-state index contributed by atoms with van der Waals surface area (Å²) in [6, 6.07) is 12.8. The number of alkyl halides is 6. The van der Waals surface area contributed by atoms with Crippen molar-refractivity contribution in [2.75, 3.05) is 13.9 Å². The SMILES string of the molecule is COCOC1CCC(c2ccc(-c3ccc(OC(F)(F)C(F)C(F)(F)F)cc3)cc2)CC1. The number of rotatable bonds is 8. The van der Waals surface area contributed by atoms with E-state index in [1.807, 2.05) is 24.3 Å². The van der Waals surface area contributed by atoms with E-state index < -0.39 is 24.2 Å². The first kappa shape index (κ1) is 24.4. The first-order valence-electron chi connectivity index (χ1n) is 10.2. The van der Waals surface area contributed by atoms with Crippen LogP contribution in [0.15, 0.2) is 48.5 Å². The maximum Gasteiger partial charge on any atom is 0.439 e. The lowest BCUT2D eigenvalue weighted by atomic mass is 9.82. The largest absolute Gasteiger partial charge is 0.439 e. The van der Waals surface area contributed by atoms with Crippen LogP contribution in [0.4, 0.5) is 26.3 Å². The maximum atomic E-state index is 13.4. The van der Waals surface area contributed by atoms with E-state index in [-0.39, 0.29) is 6.10 Å². The van der Waals surface area contributed by atoms with E-state index in [1.54, 1.807) is 7.11 Å². The van der Waals surface area contributed by atoms with Crippen molar-refractivity contribution in [3.05, 3.63) is 54.1 Å². The lowest BCUT2D eigenvalue weighted by molar-refractivity contribution is -0.304. The molecule has 1 unspecified atom stereocenters. The average molecular weight is 462 g/mol. The molecule has 2 aromatic carbocycles. The van der Waals surface area contributed by atoms with Crippen LogP contribution in [0, 0.1) is 0 Å². The summed E-state index contributed by atoms with van der Waals surface area (Å²) >= 11 is 0. The van der Waals surface area contributed by atoms with E-state index >= 15 is 0 Å². The Hall–Kier alpha value is -2.26. The summed E-state index contributed by atoms with van der Waals surface area (Å²) in [5, 5.41) is 0. The smallest absolute Gasteiger partial charge is 0.430 e. The van der Waals surface area contributed by atoms with Gasteiger partial charge in [0.1, 0.15) is 12.5 Å². The van der Waals surface area contributed by atoms with Crippen LogP contribution in [0.25, 0.3) is 11.1 Å². The second-order valence-electron chi connectivity index (χ2n) is 7.76. The van der Waals surface area contributed by atoms with Crippen molar-refractivity contribution in [1.82, 2.24) is 0 Å². The Morgan fingerprint density at radius 2 is 1.38 bits per heavy atom. The molecular weight excluding hydrogens is 438 g/mol. The van der Waals surface area contributed by atoms with Crippen LogP contribution in [0.1, 0.15) is 37.2 Å². The maximum absolute atomic E-state index is 13.4. The van der Waals surface area contributed by atoms with Crippen LogP contribution < -0.4 is 4.74 Å². The van der Waals surface area contributed by atoms with Crippen LogP contribution >= 0.6 is 0 Å². The third-order valence-corrected chi connectivity index (χ3v) is 5.50. The minimum absolute atomic E-state index is 0.211. The van der Waals surface area contributed by atoms with Crippen molar-refractivity contribution >= 4 is 0 Å². The molecule has 3 rings (SSSR count). The number of ether oxygens (including phenoxy) is 3. The Kier molecular flexibility index (Phi) is 7.71. The third-order valence-electron chi connectivity index (χ3n) is 5.50. The van der Waals surface area contributed by atoms with Gasteiger partial charge in [0, 0.05) is 7.11 Å². The van der Waals surface area contributed by atoms with Crippen LogP contribution in [0.2, 0.25) is 0 Å². The van der Waals surface area contributed by atoms with E-state index in [0.29, 0.717) is 18.3 Å². The second kappa shape index (κ2) is 10.1. The van der Waals surface area contributed by atoms with Crippen molar-refractivity contribution in [3.63, 3.8) is 0 Å². The highest BCUT2D eigenvalue weighted by atomic mass is 19.4. The first-order chi connectivity index (χ1) is 15.1. The van der Waals surface area contributed by atoms with Gasteiger partial charge in [0.2, 0.25) is 0 Å². The Labute approximate surface area is 182 Å². The van der Waals surface area contributed by atoms with Gasteiger partial charge in [-0.3, -0.25) is 0 Å². The summed E-state index contributed by atoms with van der Waals surface area (Å²) in [5.74, 6) is -0.138. The molecule has 3 nitrogen and oxygen atoms in total. The van der Waals surface area contributed by atoms with Crippen molar-refractivity contribution < 1.29 is 40.6 Å². The number of benzene rings is 2. The molecule has 0 amide bonds. The van der Waals surface area contributed by atoms with E-state index in [0.717, 1.165) is 43.4 Å². The molecule has 2 aromatic rings. The van der Waals surface area contributed by atoms with E-state index in [4.69, 9.17) is 9.47 Å². The fourth-order valence-electron chi connectivity index (χ4n) is 3.79. The predicted octanol–water partition coefficient (Wildman–Crippen LogP) is 6.87. The van der Waals surface area contributed by atoms with Gasteiger partial charge in [-0.1, -0.05) is 36.4 Å². The Bertz CT molecular complexity index is 844. The molecule has 0 aromatic heterocycles. The van der Waals surface area contributed by atoms with Crippen molar-refractivity contribution in [2.24, 2.45) is 0 Å². The molecule has 0 N–H and O–H groups in total. The fourth-order valence-corrected chi connectivity index (χ4v) is 3.79. The molecule has 0 heterocycles. The molecule has 0 bridgehead atoms. The van der Waals surface area contributed by atoms with Gasteiger partial charge in [-0.2, -0.15) is 22.0 Å². The van der Waals surface area contributed by atoms with Gasteiger partial charge < -0.3 is 14.2 Å². The summed E-state index contributed by atoms with van der Waals surface area (Å²) < 4.78 is 90.9. The van der Waals surface area contributed by atoms with Crippen LogP contribution in [0.3, 0.4) is 0 Å². The Morgan fingerprint density at radius 1 is 0.844 bits per heavy atom. The normalized spacial score (nSPS) is 20.7. The zero-order valence-corrected chi connectivity index (χ0v) is 17.4. The number of hydrogen-bond acceptors (Lipinski definition) is 3. The second-order valence-corrected chi connectivity index (χ2v) is 7.76. The summed E-state index contributed by atoms with van der Waals surface area (Å²) in [7, 11) is 1.59. The molecule has 0 spiro atoms. The fraction of sp³-hybridized carbons (Fsp3) is 0.478. The van der Waals surface area contributed by atoms with Gasteiger partial charge in [-0.15, -0.1) is 0 Å². The van der Waals surface area contributed by atoms with Crippen LogP contribution in [0.5, 0.6) is 5.75 Å². The monoisotopic (exact) mass is 462 g/mol. The van der Waals surface area contributed by atoms with Gasteiger partial charge >= 0.3 is 12.3 Å². The van der Waals surface area contributed by atoms with Gasteiger partial charge in [0.15, 0.2) is 0 Å². The van der Waals surface area contributed by atoms with Crippen molar-refractivity contribution in [3.8, 4) is 16.9 Å². The van der Waals surface area contributed by atoms with Crippen molar-refractivity contribution in [2.45, 2.75) is 56.2 Å². The molecule has 1 fully saturated rings.